The molecule has 2 heterocycles. The minimum Gasteiger partial charge on any atom is -0.454 e. The summed E-state index contributed by atoms with van der Waals surface area (Å²) in [5.41, 5.74) is 11.5. The molecule has 0 unspecified atom stereocenters. The third kappa shape index (κ3) is 3.12. The number of nitrogens with zero attached hydrogens (tertiary/aromatic N) is 1. The zero-order chi connectivity index (χ0) is 24.9. The number of aromatic nitrogens is 1. The van der Waals surface area contributed by atoms with Crippen LogP contribution in [-0.2, 0) is 17.9 Å². The Morgan fingerprint density at radius 2 is 1.40 bits per heavy atom. The van der Waals surface area contributed by atoms with Crippen LogP contribution in [0.15, 0.2) is 53.1 Å². The molecule has 0 atom stereocenters. The number of benzene rings is 3. The van der Waals surface area contributed by atoms with E-state index in [0.29, 0.717) is 0 Å². The Hall–Kier alpha value is -3.13. The van der Waals surface area contributed by atoms with E-state index in [1.807, 2.05) is 0 Å². The summed E-state index contributed by atoms with van der Waals surface area (Å²) in [6.45, 7) is 16.2. The summed E-state index contributed by atoms with van der Waals surface area (Å²) in [5, 5.41) is 5.00. The van der Waals surface area contributed by atoms with Gasteiger partial charge in [0.1, 0.15) is 18.2 Å². The van der Waals surface area contributed by atoms with Gasteiger partial charge in [0.05, 0.1) is 5.56 Å². The van der Waals surface area contributed by atoms with Crippen LogP contribution in [0.4, 0.5) is 0 Å². The molecule has 0 fully saturated rings. The molecule has 6 rings (SSSR count). The third-order valence-electron chi connectivity index (χ3n) is 8.78. The summed E-state index contributed by atoms with van der Waals surface area (Å²) in [4.78, 5) is 0. The number of fused-ring (bicyclic) bond motifs is 7. The fraction of sp³-hybridized carbons (Fsp3) is 0.364. The van der Waals surface area contributed by atoms with E-state index in [2.05, 4.69) is 109 Å². The van der Waals surface area contributed by atoms with Gasteiger partial charge in [0.15, 0.2) is 6.20 Å². The lowest BCUT2D eigenvalue weighted by molar-refractivity contribution is -0.660. The van der Waals surface area contributed by atoms with Gasteiger partial charge in [-0.3, -0.25) is 0 Å². The van der Waals surface area contributed by atoms with Gasteiger partial charge in [-0.25, -0.2) is 4.57 Å². The lowest BCUT2D eigenvalue weighted by Gasteiger charge is -2.42. The minimum atomic E-state index is 0.108. The lowest BCUT2D eigenvalue weighted by Crippen LogP contribution is -2.34. The monoisotopic (exact) mass is 462 g/mol. The van der Waals surface area contributed by atoms with E-state index in [1.165, 1.54) is 73.5 Å². The number of aryl methyl sites for hydroxylation is 4. The van der Waals surface area contributed by atoms with Crippen molar-refractivity contribution in [3.8, 4) is 11.3 Å². The van der Waals surface area contributed by atoms with Crippen LogP contribution in [0.25, 0.3) is 44.0 Å². The van der Waals surface area contributed by atoms with Crippen molar-refractivity contribution in [2.24, 2.45) is 7.05 Å². The first-order valence-electron chi connectivity index (χ1n) is 12.9. The van der Waals surface area contributed by atoms with Crippen molar-refractivity contribution in [1.29, 1.82) is 0 Å². The molecular formula is C33H36NO+. The Morgan fingerprint density at radius 3 is 2.17 bits per heavy atom. The van der Waals surface area contributed by atoms with Crippen LogP contribution in [-0.4, -0.2) is 0 Å². The molecule has 178 valence electrons. The number of furan rings is 1. The van der Waals surface area contributed by atoms with E-state index >= 15 is 0 Å². The van der Waals surface area contributed by atoms with Gasteiger partial charge in [0, 0.05) is 27.8 Å². The van der Waals surface area contributed by atoms with Gasteiger partial charge in [-0.2, -0.15) is 0 Å². The molecule has 0 N–H and O–H groups in total. The van der Waals surface area contributed by atoms with Gasteiger partial charge in [0.25, 0.3) is 0 Å². The number of pyridine rings is 1. The van der Waals surface area contributed by atoms with E-state index in [4.69, 9.17) is 4.42 Å². The summed E-state index contributed by atoms with van der Waals surface area (Å²) in [7, 11) is 2.14. The van der Waals surface area contributed by atoms with Crippen LogP contribution in [0.1, 0.15) is 68.4 Å². The molecule has 35 heavy (non-hydrogen) atoms. The highest BCUT2D eigenvalue weighted by atomic mass is 16.3. The minimum absolute atomic E-state index is 0.108. The van der Waals surface area contributed by atoms with E-state index in [9.17, 15) is 0 Å². The molecule has 1 aliphatic rings. The van der Waals surface area contributed by atoms with E-state index in [1.54, 1.807) is 0 Å². The SMILES string of the molecule is Cc1cc(-c2c(C)ccc3c2oc2c3ccc3ccc4c(c32)C(C)(C)CCC4(C)C)[n+](C)cc1C. The molecule has 0 spiro atoms. The zero-order valence-corrected chi connectivity index (χ0v) is 22.4. The maximum Gasteiger partial charge on any atom is 0.216 e. The molecular weight excluding hydrogens is 426 g/mol. The van der Waals surface area contributed by atoms with Gasteiger partial charge in [-0.1, -0.05) is 58.0 Å². The number of hydrogen-bond donors (Lipinski definition) is 0. The fourth-order valence-electron chi connectivity index (χ4n) is 6.41. The number of rotatable bonds is 1. The summed E-state index contributed by atoms with van der Waals surface area (Å²) in [6, 6.07) is 16.0. The quantitative estimate of drug-likeness (QED) is 0.228. The Morgan fingerprint density at radius 1 is 0.743 bits per heavy atom. The summed E-state index contributed by atoms with van der Waals surface area (Å²) < 4.78 is 9.21. The molecule has 0 bridgehead atoms. The molecule has 2 nitrogen and oxygen atoms in total. The van der Waals surface area contributed by atoms with Gasteiger partial charge < -0.3 is 4.42 Å². The highest BCUT2D eigenvalue weighted by molar-refractivity contribution is 6.18. The molecule has 0 saturated carbocycles. The number of hydrogen-bond acceptors (Lipinski definition) is 1. The Bertz CT molecular complexity index is 1680. The molecule has 2 aromatic heterocycles. The van der Waals surface area contributed by atoms with Crippen molar-refractivity contribution in [2.45, 2.75) is 72.1 Å². The van der Waals surface area contributed by atoms with Crippen LogP contribution in [0.5, 0.6) is 0 Å². The molecule has 1 aliphatic carbocycles. The second kappa shape index (κ2) is 7.20. The van der Waals surface area contributed by atoms with Crippen molar-refractivity contribution in [2.75, 3.05) is 0 Å². The fourth-order valence-corrected chi connectivity index (χ4v) is 6.41. The van der Waals surface area contributed by atoms with E-state index in [0.717, 1.165) is 11.2 Å². The van der Waals surface area contributed by atoms with E-state index < -0.39 is 0 Å². The zero-order valence-electron chi connectivity index (χ0n) is 22.4. The van der Waals surface area contributed by atoms with E-state index in [-0.39, 0.29) is 10.8 Å². The first kappa shape index (κ1) is 22.3. The van der Waals surface area contributed by atoms with Crippen LogP contribution in [0.3, 0.4) is 0 Å². The first-order valence-corrected chi connectivity index (χ1v) is 12.9. The van der Waals surface area contributed by atoms with Crippen molar-refractivity contribution in [3.63, 3.8) is 0 Å². The Labute approximate surface area is 208 Å². The second-order valence-corrected chi connectivity index (χ2v) is 12.2. The van der Waals surface area contributed by atoms with Crippen LogP contribution >= 0.6 is 0 Å². The predicted octanol–water partition coefficient (Wildman–Crippen LogP) is 8.50. The molecule has 0 amide bonds. The summed E-state index contributed by atoms with van der Waals surface area (Å²) in [5.74, 6) is 0. The normalized spacial score (nSPS) is 16.8. The molecule has 5 aromatic rings. The average Bonchev–Trinajstić information content (AvgIpc) is 3.18. The highest BCUT2D eigenvalue weighted by Gasteiger charge is 2.39. The predicted molar refractivity (Wildman–Crippen MR) is 147 cm³/mol. The second-order valence-electron chi connectivity index (χ2n) is 12.2. The molecule has 0 saturated heterocycles. The van der Waals surface area contributed by atoms with Crippen molar-refractivity contribution in [1.82, 2.24) is 0 Å². The van der Waals surface area contributed by atoms with Crippen LogP contribution in [0.2, 0.25) is 0 Å². The maximum atomic E-state index is 6.97. The van der Waals surface area contributed by atoms with Crippen molar-refractivity contribution in [3.05, 3.63) is 76.5 Å². The largest absolute Gasteiger partial charge is 0.454 e. The van der Waals surface area contributed by atoms with Crippen molar-refractivity contribution >= 4 is 32.7 Å². The average molecular weight is 463 g/mol. The molecule has 3 aromatic carbocycles. The lowest BCUT2D eigenvalue weighted by atomic mass is 9.62. The van der Waals surface area contributed by atoms with Gasteiger partial charge in [-0.05, 0) is 78.1 Å². The van der Waals surface area contributed by atoms with Crippen LogP contribution < -0.4 is 4.57 Å². The van der Waals surface area contributed by atoms with Gasteiger partial charge >= 0.3 is 0 Å². The standard InChI is InChI=1S/C33H36NO/c1-19-9-12-23-24-13-10-22-11-14-25-29(33(6,7)16-15-32(25,4)5)28(22)31(24)35-30(23)27(19)26-17-20(2)21(3)18-34(26)8/h9-14,17-18H,15-16H2,1-8H3/q+1. The highest BCUT2D eigenvalue weighted by Crippen LogP contribution is 2.51. The maximum absolute atomic E-state index is 6.97. The topological polar surface area (TPSA) is 17.0 Å². The van der Waals surface area contributed by atoms with Crippen molar-refractivity contribution < 1.29 is 8.98 Å². The third-order valence-corrected chi connectivity index (χ3v) is 8.78. The molecule has 0 radical (unpaired) electrons. The van der Waals surface area contributed by atoms with Gasteiger partial charge in [-0.15, -0.1) is 0 Å². The molecule has 0 aliphatic heterocycles. The summed E-state index contributed by atoms with van der Waals surface area (Å²) in [6.07, 6.45) is 4.62. The first-order chi connectivity index (χ1) is 16.5. The Balaban J connectivity index is 1.78. The molecule has 2 heteroatoms. The smallest absolute Gasteiger partial charge is 0.216 e. The van der Waals surface area contributed by atoms with Gasteiger partial charge in [0.2, 0.25) is 5.69 Å². The summed E-state index contributed by atoms with van der Waals surface area (Å²) >= 11 is 0. The Kier molecular flexibility index (Phi) is 4.59. The van der Waals surface area contributed by atoms with Crippen LogP contribution in [0, 0.1) is 20.8 Å².